The summed E-state index contributed by atoms with van der Waals surface area (Å²) >= 11 is 0. The molecule has 0 amide bonds. The second kappa shape index (κ2) is 8.44. The number of halogens is 4. The first-order chi connectivity index (χ1) is 17.0. The van der Waals surface area contributed by atoms with Crippen molar-refractivity contribution in [2.45, 2.75) is 37.1 Å². The lowest BCUT2D eigenvalue weighted by Crippen LogP contribution is -2.44. The second-order valence-electron chi connectivity index (χ2n) is 9.30. The molecule has 2 aliphatic heterocycles. The van der Waals surface area contributed by atoms with Crippen LogP contribution in [-0.2, 0) is 14.3 Å². The first-order valence-corrected chi connectivity index (χ1v) is 11.4. The molecule has 5 rings (SSSR count). The number of aromatic nitrogens is 1. The minimum atomic E-state index is -5.43. The van der Waals surface area contributed by atoms with E-state index in [1.54, 1.807) is 4.90 Å². The van der Waals surface area contributed by atoms with E-state index in [2.05, 4.69) is 4.74 Å². The van der Waals surface area contributed by atoms with Gasteiger partial charge in [0.25, 0.3) is 0 Å². The highest BCUT2D eigenvalue weighted by Crippen LogP contribution is 2.47. The summed E-state index contributed by atoms with van der Waals surface area (Å²) in [5, 5.41) is -0.280. The molecule has 2 N–H and O–H groups in total. The molecule has 2 atom stereocenters. The van der Waals surface area contributed by atoms with Crippen LogP contribution in [0.15, 0.2) is 17.1 Å². The number of nitrogens with zero attached hydrogens (tertiary/aromatic N) is 2. The fourth-order valence-corrected chi connectivity index (χ4v) is 5.25. The Hall–Kier alpha value is -3.19. The Kier molecular flexibility index (Phi) is 5.75. The number of hydrogen-bond donors (Lipinski definition) is 1. The molecule has 1 saturated carbocycles. The second-order valence-corrected chi connectivity index (χ2v) is 9.30. The minimum absolute atomic E-state index is 0.0485. The van der Waals surface area contributed by atoms with Crippen LogP contribution in [0.5, 0.6) is 5.75 Å². The average molecular weight is 513 g/mol. The third-order valence-corrected chi connectivity index (χ3v) is 7.14. The largest absolute Gasteiger partial charge is 0.492 e. The van der Waals surface area contributed by atoms with Gasteiger partial charge in [-0.25, -0.2) is 14.0 Å². The number of methoxy groups -OCH3 is 1. The molecule has 1 aromatic carbocycles. The van der Waals surface area contributed by atoms with Crippen molar-refractivity contribution in [3.63, 3.8) is 0 Å². The maximum atomic E-state index is 15.6. The molecular formula is C23H23F4N3O6. The molecule has 1 aromatic heterocycles. The SMILES string of the molecule is COc1c(N2CC3CCOC3(CN)C2)c(F)cc2c(=O)c(C(=O)OC(=O)C(F)(F)F)cn(C3CC3)c12. The highest BCUT2D eigenvalue weighted by molar-refractivity contribution is 6.01. The van der Waals surface area contributed by atoms with E-state index in [0.29, 0.717) is 32.5 Å². The summed E-state index contributed by atoms with van der Waals surface area (Å²) in [5.41, 5.74) is 3.77. The number of alkyl halides is 3. The van der Waals surface area contributed by atoms with E-state index in [1.165, 1.54) is 11.7 Å². The number of pyridine rings is 1. The molecule has 13 heteroatoms. The molecule has 0 radical (unpaired) electrons. The van der Waals surface area contributed by atoms with E-state index < -0.39 is 40.5 Å². The van der Waals surface area contributed by atoms with Crippen LogP contribution < -0.4 is 20.8 Å². The third-order valence-electron chi connectivity index (χ3n) is 7.14. The van der Waals surface area contributed by atoms with Crippen molar-refractivity contribution < 1.29 is 41.4 Å². The molecule has 2 unspecified atom stereocenters. The Morgan fingerprint density at radius 2 is 2.00 bits per heavy atom. The van der Waals surface area contributed by atoms with Crippen molar-refractivity contribution >= 4 is 28.5 Å². The van der Waals surface area contributed by atoms with Crippen molar-refractivity contribution in [1.82, 2.24) is 4.57 Å². The number of rotatable bonds is 5. The maximum absolute atomic E-state index is 15.6. The van der Waals surface area contributed by atoms with Crippen LogP contribution in [0.3, 0.4) is 0 Å². The number of anilines is 1. The average Bonchev–Trinajstić information content (AvgIpc) is 3.49. The van der Waals surface area contributed by atoms with Gasteiger partial charge < -0.3 is 29.4 Å². The van der Waals surface area contributed by atoms with Crippen LogP contribution in [0.1, 0.15) is 35.7 Å². The van der Waals surface area contributed by atoms with Gasteiger partial charge in [-0.15, -0.1) is 0 Å². The van der Waals surface area contributed by atoms with E-state index in [9.17, 15) is 27.6 Å². The minimum Gasteiger partial charge on any atom is -0.492 e. The van der Waals surface area contributed by atoms with E-state index in [1.807, 2.05) is 0 Å². The predicted octanol–water partition coefficient (Wildman–Crippen LogP) is 2.28. The maximum Gasteiger partial charge on any atom is 0.491 e. The van der Waals surface area contributed by atoms with Crippen molar-refractivity contribution in [2.75, 3.05) is 38.3 Å². The Labute approximate surface area is 201 Å². The quantitative estimate of drug-likeness (QED) is 0.368. The number of nitrogens with two attached hydrogens (primary N) is 1. The Balaban J connectivity index is 1.65. The van der Waals surface area contributed by atoms with Gasteiger partial charge in [0, 0.05) is 44.4 Å². The van der Waals surface area contributed by atoms with Crippen LogP contribution in [0.2, 0.25) is 0 Å². The van der Waals surface area contributed by atoms with Crippen LogP contribution in [0.4, 0.5) is 23.2 Å². The number of carbonyl (C=O) groups is 2. The topological polar surface area (TPSA) is 113 Å². The van der Waals surface area contributed by atoms with Crippen molar-refractivity contribution in [3.05, 3.63) is 33.9 Å². The van der Waals surface area contributed by atoms with Crippen molar-refractivity contribution in [3.8, 4) is 5.75 Å². The number of ether oxygens (including phenoxy) is 3. The highest BCUT2D eigenvalue weighted by atomic mass is 19.4. The summed E-state index contributed by atoms with van der Waals surface area (Å²) in [7, 11) is 1.32. The first-order valence-electron chi connectivity index (χ1n) is 11.4. The lowest BCUT2D eigenvalue weighted by Gasteiger charge is -2.28. The molecule has 9 nitrogen and oxygen atoms in total. The van der Waals surface area contributed by atoms with Crippen molar-refractivity contribution in [1.29, 1.82) is 0 Å². The number of esters is 2. The molecule has 194 valence electrons. The molecule has 1 aliphatic carbocycles. The van der Waals surface area contributed by atoms with E-state index in [-0.39, 0.29) is 40.8 Å². The summed E-state index contributed by atoms with van der Waals surface area (Å²) in [6.07, 6.45) is -2.31. The smallest absolute Gasteiger partial charge is 0.491 e. The lowest BCUT2D eigenvalue weighted by molar-refractivity contribution is -0.193. The van der Waals surface area contributed by atoms with Gasteiger partial charge in [0.2, 0.25) is 5.43 Å². The summed E-state index contributed by atoms with van der Waals surface area (Å²) in [4.78, 5) is 38.4. The fourth-order valence-electron chi connectivity index (χ4n) is 5.25. The van der Waals surface area contributed by atoms with Gasteiger partial charge in [-0.2, -0.15) is 13.2 Å². The molecule has 2 saturated heterocycles. The van der Waals surface area contributed by atoms with Gasteiger partial charge in [0.15, 0.2) is 11.6 Å². The predicted molar refractivity (Wildman–Crippen MR) is 118 cm³/mol. The van der Waals surface area contributed by atoms with Crippen LogP contribution in [0.25, 0.3) is 10.9 Å². The highest BCUT2D eigenvalue weighted by Gasteiger charge is 2.51. The zero-order chi connectivity index (χ0) is 26.0. The molecule has 2 aromatic rings. The molecule has 3 aliphatic rings. The molecule has 0 bridgehead atoms. The standard InChI is InChI=1S/C23H23F4N3O6/c1-34-19-16-13(6-15(24)17(19)29-7-11-4-5-35-22(11,9-28)10-29)18(31)14(8-30(16)12-2-3-12)20(32)36-21(33)23(25,26)27/h6,8,11-12H,2-5,7,9-10,28H2,1H3. The first kappa shape index (κ1) is 24.5. The van der Waals surface area contributed by atoms with Crippen LogP contribution in [0, 0.1) is 11.7 Å². The molecule has 3 heterocycles. The lowest BCUT2D eigenvalue weighted by atomic mass is 9.91. The van der Waals surface area contributed by atoms with Crippen molar-refractivity contribution in [2.24, 2.45) is 11.7 Å². The Morgan fingerprint density at radius 3 is 2.58 bits per heavy atom. The Bertz CT molecular complexity index is 1320. The van der Waals surface area contributed by atoms with E-state index in [0.717, 1.165) is 18.7 Å². The monoisotopic (exact) mass is 513 g/mol. The molecule has 0 spiro atoms. The number of fused-ring (bicyclic) bond motifs is 2. The molecular weight excluding hydrogens is 490 g/mol. The van der Waals surface area contributed by atoms with Crippen LogP contribution >= 0.6 is 0 Å². The van der Waals surface area contributed by atoms with Gasteiger partial charge >= 0.3 is 18.1 Å². The summed E-state index contributed by atoms with van der Waals surface area (Å²) in [5.74, 6) is -5.21. The fraction of sp³-hybridized carbons (Fsp3) is 0.522. The zero-order valence-electron chi connectivity index (χ0n) is 19.2. The summed E-state index contributed by atoms with van der Waals surface area (Å²) in [6.45, 7) is 1.57. The van der Waals surface area contributed by atoms with Crippen LogP contribution in [-0.4, -0.2) is 61.6 Å². The van der Waals surface area contributed by atoms with Gasteiger partial charge in [-0.3, -0.25) is 4.79 Å². The molecule has 3 fully saturated rings. The summed E-state index contributed by atoms with van der Waals surface area (Å²) < 4.78 is 70.2. The zero-order valence-corrected chi connectivity index (χ0v) is 19.2. The van der Waals surface area contributed by atoms with E-state index >= 15 is 4.39 Å². The van der Waals surface area contributed by atoms with E-state index in [4.69, 9.17) is 15.2 Å². The van der Waals surface area contributed by atoms with Gasteiger partial charge in [0.05, 0.1) is 18.0 Å². The Morgan fingerprint density at radius 1 is 1.28 bits per heavy atom. The number of benzene rings is 1. The normalized spacial score (nSPS) is 23.7. The van der Waals surface area contributed by atoms with Gasteiger partial charge in [-0.05, 0) is 25.3 Å². The van der Waals surface area contributed by atoms with Gasteiger partial charge in [-0.1, -0.05) is 0 Å². The summed E-state index contributed by atoms with van der Waals surface area (Å²) in [6, 6.07) is 0.725. The number of carbonyl (C=O) groups excluding carboxylic acids is 2. The third kappa shape index (κ3) is 3.81. The number of hydrogen-bond acceptors (Lipinski definition) is 8. The van der Waals surface area contributed by atoms with Gasteiger partial charge in [0.1, 0.15) is 16.9 Å². The molecule has 36 heavy (non-hydrogen) atoms.